The van der Waals surface area contributed by atoms with Crippen LogP contribution in [0.3, 0.4) is 0 Å². The summed E-state index contributed by atoms with van der Waals surface area (Å²) in [4.78, 5) is 17.2. The van der Waals surface area contributed by atoms with Crippen molar-refractivity contribution in [2.45, 2.75) is 12.6 Å². The minimum absolute atomic E-state index is 0.466. The van der Waals surface area contributed by atoms with Crippen molar-refractivity contribution in [3.05, 3.63) is 28.5 Å². The van der Waals surface area contributed by atoms with Gasteiger partial charge in [-0.05, 0) is 27.6 Å². The van der Waals surface area contributed by atoms with Crippen molar-refractivity contribution in [3.8, 4) is 0 Å². The van der Waals surface area contributed by atoms with Crippen molar-refractivity contribution in [1.82, 2.24) is 15.2 Å². The summed E-state index contributed by atoms with van der Waals surface area (Å²) in [6.07, 6.45) is 1.81. The number of carbonyl (C=O) groups is 1. The van der Waals surface area contributed by atoms with Gasteiger partial charge >= 0.3 is 5.97 Å². The summed E-state index contributed by atoms with van der Waals surface area (Å²) < 4.78 is 0.810. The van der Waals surface area contributed by atoms with Crippen LogP contribution in [0.15, 0.2) is 22.9 Å². The lowest BCUT2D eigenvalue weighted by molar-refractivity contribution is -0.140. The highest BCUT2D eigenvalue weighted by Crippen LogP contribution is 2.10. The molecule has 0 amide bonds. The summed E-state index contributed by atoms with van der Waals surface area (Å²) >= 11 is 3.29. The van der Waals surface area contributed by atoms with Gasteiger partial charge in [0.25, 0.3) is 0 Å². The van der Waals surface area contributed by atoms with E-state index in [0.717, 1.165) is 23.3 Å². The Morgan fingerprint density at radius 2 is 2.47 bits per heavy atom. The number of pyridine rings is 1. The van der Waals surface area contributed by atoms with Gasteiger partial charge < -0.3 is 10.4 Å². The third-order valence-electron chi connectivity index (χ3n) is 2.75. The molecule has 1 aromatic rings. The van der Waals surface area contributed by atoms with E-state index in [1.165, 1.54) is 0 Å². The first-order chi connectivity index (χ1) is 8.15. The third-order valence-corrected chi connectivity index (χ3v) is 3.22. The molecule has 1 saturated heterocycles. The molecule has 2 N–H and O–H groups in total. The fraction of sp³-hybridized carbons (Fsp3) is 0.455. The van der Waals surface area contributed by atoms with Crippen molar-refractivity contribution in [2.75, 3.05) is 19.6 Å². The molecule has 0 aromatic carbocycles. The van der Waals surface area contributed by atoms with Crippen LogP contribution in [0.2, 0.25) is 0 Å². The molecule has 0 bridgehead atoms. The van der Waals surface area contributed by atoms with E-state index in [1.54, 1.807) is 0 Å². The van der Waals surface area contributed by atoms with E-state index < -0.39 is 12.0 Å². The van der Waals surface area contributed by atoms with E-state index in [1.807, 2.05) is 18.3 Å². The Balaban J connectivity index is 1.94. The van der Waals surface area contributed by atoms with Crippen LogP contribution >= 0.6 is 15.9 Å². The van der Waals surface area contributed by atoms with E-state index >= 15 is 0 Å². The molecule has 6 heteroatoms. The van der Waals surface area contributed by atoms with Gasteiger partial charge in [-0.3, -0.25) is 9.69 Å². The first-order valence-electron chi connectivity index (χ1n) is 5.44. The van der Waals surface area contributed by atoms with Crippen LogP contribution < -0.4 is 5.32 Å². The maximum absolute atomic E-state index is 10.9. The lowest BCUT2D eigenvalue weighted by Gasteiger charge is -2.31. The minimum Gasteiger partial charge on any atom is -0.480 e. The average Bonchev–Trinajstić information content (AvgIpc) is 2.32. The predicted octanol–water partition coefficient (Wildman–Crippen LogP) is 0.702. The largest absolute Gasteiger partial charge is 0.480 e. The van der Waals surface area contributed by atoms with Gasteiger partial charge in [-0.25, -0.2) is 4.98 Å². The van der Waals surface area contributed by atoms with E-state index in [9.17, 15) is 4.79 Å². The summed E-state index contributed by atoms with van der Waals surface area (Å²) in [5.74, 6) is -0.788. The van der Waals surface area contributed by atoms with Crippen LogP contribution in [0.25, 0.3) is 0 Å². The molecule has 5 nitrogen and oxygen atoms in total. The molecule has 17 heavy (non-hydrogen) atoms. The van der Waals surface area contributed by atoms with Crippen LogP contribution in [-0.2, 0) is 11.3 Å². The fourth-order valence-corrected chi connectivity index (χ4v) is 2.11. The molecule has 1 aromatic heterocycles. The van der Waals surface area contributed by atoms with Crippen LogP contribution in [0.4, 0.5) is 0 Å². The molecular formula is C11H14BrN3O2. The summed E-state index contributed by atoms with van der Waals surface area (Å²) in [6.45, 7) is 2.85. The Hall–Kier alpha value is -0.980. The van der Waals surface area contributed by atoms with Gasteiger partial charge in [-0.15, -0.1) is 0 Å². The van der Waals surface area contributed by atoms with Gasteiger partial charge in [0, 0.05) is 32.4 Å². The molecule has 1 atom stereocenters. The van der Waals surface area contributed by atoms with Crippen molar-refractivity contribution < 1.29 is 9.90 Å². The first kappa shape index (κ1) is 12.5. The van der Waals surface area contributed by atoms with Crippen LogP contribution in [0.5, 0.6) is 0 Å². The highest BCUT2D eigenvalue weighted by Gasteiger charge is 2.24. The molecule has 2 heterocycles. The van der Waals surface area contributed by atoms with Crippen molar-refractivity contribution in [3.63, 3.8) is 0 Å². The summed E-state index contributed by atoms with van der Waals surface area (Å²) in [5, 5.41) is 11.9. The standard InChI is InChI=1S/C11H14BrN3O2/c12-10-2-1-8(5-14-10)6-15-4-3-13-9(7-15)11(16)17/h1-2,5,9,13H,3-4,6-7H2,(H,16,17). The fourth-order valence-electron chi connectivity index (χ4n) is 1.88. The second kappa shape index (κ2) is 5.57. The molecule has 1 aliphatic rings. The molecule has 0 radical (unpaired) electrons. The number of piperazine rings is 1. The number of hydrogen-bond acceptors (Lipinski definition) is 4. The van der Waals surface area contributed by atoms with Crippen molar-refractivity contribution in [1.29, 1.82) is 0 Å². The molecule has 0 aliphatic carbocycles. The van der Waals surface area contributed by atoms with Gasteiger partial charge in [0.2, 0.25) is 0 Å². The number of halogens is 1. The highest BCUT2D eigenvalue weighted by atomic mass is 79.9. The van der Waals surface area contributed by atoms with E-state index in [4.69, 9.17) is 5.11 Å². The van der Waals surface area contributed by atoms with Crippen molar-refractivity contribution >= 4 is 21.9 Å². The number of carboxylic acids is 1. The maximum atomic E-state index is 10.9. The number of nitrogens with zero attached hydrogens (tertiary/aromatic N) is 2. The predicted molar refractivity (Wildman–Crippen MR) is 66.6 cm³/mol. The monoisotopic (exact) mass is 299 g/mol. The Bertz CT molecular complexity index is 396. The molecule has 0 spiro atoms. The van der Waals surface area contributed by atoms with Crippen LogP contribution in [0.1, 0.15) is 5.56 Å². The third kappa shape index (κ3) is 3.49. The zero-order valence-corrected chi connectivity index (χ0v) is 10.9. The highest BCUT2D eigenvalue weighted by molar-refractivity contribution is 9.10. The Morgan fingerprint density at radius 1 is 1.65 bits per heavy atom. The van der Waals surface area contributed by atoms with Crippen molar-refractivity contribution in [2.24, 2.45) is 0 Å². The SMILES string of the molecule is O=C(O)C1CN(Cc2ccc(Br)nc2)CCN1. The smallest absolute Gasteiger partial charge is 0.322 e. The zero-order chi connectivity index (χ0) is 12.3. The number of aliphatic carboxylic acids is 1. The Morgan fingerprint density at radius 3 is 3.12 bits per heavy atom. The van der Waals surface area contributed by atoms with E-state index in [0.29, 0.717) is 13.1 Å². The lowest BCUT2D eigenvalue weighted by Crippen LogP contribution is -2.53. The maximum Gasteiger partial charge on any atom is 0.322 e. The average molecular weight is 300 g/mol. The number of nitrogens with one attached hydrogen (secondary N) is 1. The molecule has 1 unspecified atom stereocenters. The first-order valence-corrected chi connectivity index (χ1v) is 6.23. The van der Waals surface area contributed by atoms with E-state index in [2.05, 4.69) is 31.1 Å². The summed E-state index contributed by atoms with van der Waals surface area (Å²) in [7, 11) is 0. The number of rotatable bonds is 3. The zero-order valence-electron chi connectivity index (χ0n) is 9.27. The van der Waals surface area contributed by atoms with E-state index in [-0.39, 0.29) is 0 Å². The Kier molecular flexibility index (Phi) is 4.09. The minimum atomic E-state index is -0.788. The van der Waals surface area contributed by atoms with Gasteiger partial charge in [0.1, 0.15) is 10.6 Å². The molecule has 1 fully saturated rings. The number of carboxylic acid groups (broad SMARTS) is 1. The van der Waals surface area contributed by atoms with Gasteiger partial charge in [0.15, 0.2) is 0 Å². The molecule has 92 valence electrons. The van der Waals surface area contributed by atoms with Gasteiger partial charge in [0.05, 0.1) is 0 Å². The molecular weight excluding hydrogens is 286 g/mol. The topological polar surface area (TPSA) is 65.5 Å². The second-order valence-electron chi connectivity index (χ2n) is 4.07. The van der Waals surface area contributed by atoms with Crippen LogP contribution in [-0.4, -0.2) is 46.6 Å². The molecule has 2 rings (SSSR count). The van der Waals surface area contributed by atoms with Crippen LogP contribution in [0, 0.1) is 0 Å². The number of hydrogen-bond donors (Lipinski definition) is 2. The normalized spacial score (nSPS) is 21.4. The quantitative estimate of drug-likeness (QED) is 0.805. The van der Waals surface area contributed by atoms with Gasteiger partial charge in [-0.1, -0.05) is 6.07 Å². The second-order valence-corrected chi connectivity index (χ2v) is 4.88. The number of aromatic nitrogens is 1. The molecule has 1 aliphatic heterocycles. The molecule has 0 saturated carbocycles. The Labute approximate surface area is 108 Å². The summed E-state index contributed by atoms with van der Waals surface area (Å²) in [6, 6.07) is 3.42. The lowest BCUT2D eigenvalue weighted by atomic mass is 10.2. The summed E-state index contributed by atoms with van der Waals surface area (Å²) in [5.41, 5.74) is 1.10. The van der Waals surface area contributed by atoms with Gasteiger partial charge in [-0.2, -0.15) is 0 Å².